The molecule has 0 unspecified atom stereocenters. The van der Waals surface area contributed by atoms with Gasteiger partial charge in [0, 0.05) is 44.2 Å². The number of para-hydroxylation sites is 1. The van der Waals surface area contributed by atoms with E-state index in [4.69, 9.17) is 20.4 Å². The molecule has 3 aliphatic heterocycles. The molecule has 0 radical (unpaired) electrons. The van der Waals surface area contributed by atoms with Crippen molar-refractivity contribution in [3.63, 3.8) is 0 Å². The van der Waals surface area contributed by atoms with Gasteiger partial charge in [0.2, 0.25) is 0 Å². The molecule has 0 amide bonds. The Morgan fingerprint density at radius 2 is 2.00 bits per heavy atom. The molecule has 6 heterocycles. The van der Waals surface area contributed by atoms with Gasteiger partial charge in [0.15, 0.2) is 28.5 Å². The number of nitrogens with zero attached hydrogens (tertiary/aromatic N) is 6. The highest BCUT2D eigenvalue weighted by atomic mass is 19.1. The second-order valence-corrected chi connectivity index (χ2v) is 9.49. The number of aromatic nitrogens is 5. The highest BCUT2D eigenvalue weighted by Crippen LogP contribution is 2.48. The maximum absolute atomic E-state index is 14.3. The third kappa shape index (κ3) is 3.09. The Hall–Kier alpha value is -3.79. The molecule has 1 saturated heterocycles. The van der Waals surface area contributed by atoms with E-state index < -0.39 is 5.60 Å². The van der Waals surface area contributed by atoms with Gasteiger partial charge in [0.1, 0.15) is 11.4 Å². The molecule has 10 heteroatoms. The Morgan fingerprint density at radius 3 is 2.86 bits per heavy atom. The molecule has 1 aromatic carbocycles. The van der Waals surface area contributed by atoms with Gasteiger partial charge in [-0.15, -0.1) is 0 Å². The van der Waals surface area contributed by atoms with E-state index in [9.17, 15) is 4.39 Å². The van der Waals surface area contributed by atoms with Gasteiger partial charge in [-0.2, -0.15) is 5.10 Å². The minimum atomic E-state index is -0.588. The Morgan fingerprint density at radius 1 is 1.11 bits per heavy atom. The number of pyridine rings is 1. The lowest BCUT2D eigenvalue weighted by Gasteiger charge is -2.41. The summed E-state index contributed by atoms with van der Waals surface area (Å²) in [4.78, 5) is 18.4. The average Bonchev–Trinajstić information content (AvgIpc) is 3.44. The number of piperidine rings is 1. The number of fused-ring (bicyclic) bond motifs is 3. The monoisotopic (exact) mass is 472 g/mol. The first-order valence-electron chi connectivity index (χ1n) is 12.0. The Balaban J connectivity index is 1.13. The van der Waals surface area contributed by atoms with Crippen molar-refractivity contribution in [2.24, 2.45) is 5.73 Å². The minimum absolute atomic E-state index is 0.300. The number of halogens is 1. The first-order chi connectivity index (χ1) is 17.1. The number of nitrogens with one attached hydrogen (secondary N) is 1. The number of H-pyrrole nitrogens is 1. The number of anilines is 3. The molecule has 9 nitrogen and oxygen atoms in total. The second-order valence-electron chi connectivity index (χ2n) is 9.49. The summed E-state index contributed by atoms with van der Waals surface area (Å²) in [7, 11) is 0. The molecule has 0 bridgehead atoms. The van der Waals surface area contributed by atoms with Crippen LogP contribution >= 0.6 is 0 Å². The zero-order valence-corrected chi connectivity index (χ0v) is 19.1. The van der Waals surface area contributed by atoms with Crippen LogP contribution in [0, 0.1) is 5.82 Å². The van der Waals surface area contributed by atoms with E-state index >= 15 is 0 Å². The normalized spacial score (nSPS) is 20.7. The summed E-state index contributed by atoms with van der Waals surface area (Å²) in [6.07, 6.45) is 6.96. The largest absolute Gasteiger partial charge is 0.482 e. The first kappa shape index (κ1) is 20.6. The van der Waals surface area contributed by atoms with Crippen LogP contribution in [0.5, 0.6) is 5.75 Å². The number of hydrogen-bond acceptors (Lipinski definition) is 8. The van der Waals surface area contributed by atoms with Crippen molar-refractivity contribution in [1.29, 1.82) is 0 Å². The topological polar surface area (TPSA) is 109 Å². The third-order valence-electron chi connectivity index (χ3n) is 7.59. The van der Waals surface area contributed by atoms with Crippen molar-refractivity contribution in [2.45, 2.75) is 37.3 Å². The summed E-state index contributed by atoms with van der Waals surface area (Å²) in [6.45, 7) is 2.24. The summed E-state index contributed by atoms with van der Waals surface area (Å²) >= 11 is 0. The number of aryl methyl sites for hydroxylation is 1. The van der Waals surface area contributed by atoms with Crippen molar-refractivity contribution in [1.82, 2.24) is 25.1 Å². The lowest BCUT2D eigenvalue weighted by Crippen LogP contribution is -2.51. The highest BCUT2D eigenvalue weighted by Gasteiger charge is 2.49. The number of aromatic amines is 1. The molecule has 35 heavy (non-hydrogen) atoms. The van der Waals surface area contributed by atoms with Crippen molar-refractivity contribution >= 4 is 28.5 Å². The predicted molar refractivity (Wildman–Crippen MR) is 129 cm³/mol. The molecular weight excluding hydrogens is 447 g/mol. The lowest BCUT2D eigenvalue weighted by atomic mass is 9.83. The second kappa shape index (κ2) is 7.61. The van der Waals surface area contributed by atoms with Crippen LogP contribution in [0.25, 0.3) is 11.2 Å². The zero-order chi connectivity index (χ0) is 23.6. The molecule has 7 rings (SSSR count). The van der Waals surface area contributed by atoms with E-state index in [1.807, 2.05) is 18.3 Å². The highest BCUT2D eigenvalue weighted by molar-refractivity contribution is 5.87. The summed E-state index contributed by atoms with van der Waals surface area (Å²) in [5, 5.41) is 7.63. The predicted octanol–water partition coefficient (Wildman–Crippen LogP) is 3.40. The Bertz CT molecular complexity index is 1430. The minimum Gasteiger partial charge on any atom is -0.482 e. The fourth-order valence-electron chi connectivity index (χ4n) is 5.69. The maximum atomic E-state index is 14.3. The third-order valence-corrected chi connectivity index (χ3v) is 7.59. The molecule has 178 valence electrons. The molecule has 1 fully saturated rings. The van der Waals surface area contributed by atoms with E-state index in [0.717, 1.165) is 53.5 Å². The summed E-state index contributed by atoms with van der Waals surface area (Å²) in [5.41, 5.74) is 10.2. The first-order valence-corrected chi connectivity index (χ1v) is 12.0. The number of benzene rings is 1. The lowest BCUT2D eigenvalue weighted by molar-refractivity contribution is 0.0402. The van der Waals surface area contributed by atoms with Crippen LogP contribution in [0.1, 0.15) is 36.6 Å². The van der Waals surface area contributed by atoms with E-state index in [1.54, 1.807) is 12.3 Å². The Labute approximate surface area is 201 Å². The number of hydrogen-bond donors (Lipinski definition) is 2. The van der Waals surface area contributed by atoms with E-state index in [0.29, 0.717) is 37.3 Å². The van der Waals surface area contributed by atoms with Crippen LogP contribution in [0.15, 0.2) is 42.7 Å². The molecule has 3 N–H and O–H groups in total. The summed E-state index contributed by atoms with van der Waals surface area (Å²) in [5.74, 6) is 1.50. The van der Waals surface area contributed by atoms with Crippen molar-refractivity contribution in [3.05, 3.63) is 59.8 Å². The fourth-order valence-corrected chi connectivity index (χ4v) is 5.69. The van der Waals surface area contributed by atoms with Gasteiger partial charge in [-0.05, 0) is 31.0 Å². The van der Waals surface area contributed by atoms with Gasteiger partial charge >= 0.3 is 0 Å². The smallest absolute Gasteiger partial charge is 0.183 e. The SMILES string of the molecule is N[C@@H]1c2cccc(F)c2OC12CCN(c1cnc3c(N4CCCc5ncccc54)n[nH]c3n1)CC2. The maximum Gasteiger partial charge on any atom is 0.183 e. The van der Waals surface area contributed by atoms with Gasteiger partial charge in [-0.1, -0.05) is 12.1 Å². The van der Waals surface area contributed by atoms with E-state index in [-0.39, 0.29) is 11.9 Å². The van der Waals surface area contributed by atoms with Crippen molar-refractivity contribution < 1.29 is 9.13 Å². The fraction of sp³-hybridized carbons (Fsp3) is 0.360. The molecule has 3 aromatic heterocycles. The van der Waals surface area contributed by atoms with Crippen molar-refractivity contribution in [3.8, 4) is 5.75 Å². The summed E-state index contributed by atoms with van der Waals surface area (Å²) in [6, 6.07) is 8.65. The standard InChI is InChI=1S/C25H25FN8O/c26-16-5-1-4-15-21(16)35-25(22(15)27)8-12-33(13-9-25)19-14-29-20-23(30-19)31-32-24(20)34-11-3-6-17-18(34)7-2-10-28-17/h1-2,4-5,7,10,14,22H,3,6,8-9,11-13,27H2,(H,30,31,32)/t22-/m1/s1. The Kier molecular flexibility index (Phi) is 4.47. The average molecular weight is 473 g/mol. The molecule has 1 spiro atoms. The van der Waals surface area contributed by atoms with E-state index in [1.165, 1.54) is 6.07 Å². The summed E-state index contributed by atoms with van der Waals surface area (Å²) < 4.78 is 20.4. The van der Waals surface area contributed by atoms with Crippen LogP contribution in [0.4, 0.5) is 21.7 Å². The molecule has 0 aliphatic carbocycles. The molecule has 0 saturated carbocycles. The van der Waals surface area contributed by atoms with Gasteiger partial charge < -0.3 is 20.3 Å². The van der Waals surface area contributed by atoms with Gasteiger partial charge in [0.05, 0.1) is 23.6 Å². The van der Waals surface area contributed by atoms with E-state index in [2.05, 4.69) is 31.0 Å². The zero-order valence-electron chi connectivity index (χ0n) is 19.1. The number of nitrogens with two attached hydrogens (primary N) is 1. The molecule has 3 aliphatic rings. The van der Waals surface area contributed by atoms with Crippen LogP contribution in [-0.4, -0.2) is 50.4 Å². The quantitative estimate of drug-likeness (QED) is 0.457. The van der Waals surface area contributed by atoms with Crippen LogP contribution < -0.4 is 20.3 Å². The molecule has 4 aromatic rings. The van der Waals surface area contributed by atoms with Crippen LogP contribution in [0.2, 0.25) is 0 Å². The number of ether oxygens (including phenoxy) is 1. The van der Waals surface area contributed by atoms with Crippen LogP contribution in [0.3, 0.4) is 0 Å². The molecule has 1 atom stereocenters. The van der Waals surface area contributed by atoms with Gasteiger partial charge in [-0.3, -0.25) is 10.1 Å². The van der Waals surface area contributed by atoms with Gasteiger partial charge in [0.25, 0.3) is 0 Å². The number of rotatable bonds is 2. The van der Waals surface area contributed by atoms with Crippen LogP contribution in [-0.2, 0) is 6.42 Å². The van der Waals surface area contributed by atoms with Crippen molar-refractivity contribution in [2.75, 3.05) is 29.4 Å². The molecular formula is C25H25FN8O. The van der Waals surface area contributed by atoms with Gasteiger partial charge in [-0.25, -0.2) is 14.4 Å².